The van der Waals surface area contributed by atoms with Gasteiger partial charge in [0, 0.05) is 0 Å². The predicted molar refractivity (Wildman–Crippen MR) is 49.0 cm³/mol. The number of benzene rings is 1. The second-order valence-corrected chi connectivity index (χ2v) is 2.48. The van der Waals surface area contributed by atoms with Gasteiger partial charge in [-0.1, -0.05) is 0 Å². The van der Waals surface area contributed by atoms with Crippen molar-refractivity contribution in [2.75, 3.05) is 14.2 Å². The Labute approximate surface area is 81.9 Å². The average Bonchev–Trinajstić information content (AvgIpc) is 2.26. The first-order chi connectivity index (χ1) is 6.76. The van der Waals surface area contributed by atoms with Crippen molar-refractivity contribution >= 4 is 0 Å². The van der Waals surface area contributed by atoms with Crippen LogP contribution in [0.4, 0.5) is 0 Å². The van der Waals surface area contributed by atoms with Gasteiger partial charge in [-0.05, 0) is 12.1 Å². The molecule has 1 aromatic carbocycles. The minimum Gasteiger partial charge on any atom is -0.495 e. The zero-order valence-corrected chi connectivity index (χ0v) is 7.87. The quantitative estimate of drug-likeness (QED) is 0.702. The van der Waals surface area contributed by atoms with E-state index in [2.05, 4.69) is 0 Å². The van der Waals surface area contributed by atoms with Crippen LogP contribution >= 0.6 is 0 Å². The first kappa shape index (κ1) is 9.88. The van der Waals surface area contributed by atoms with Crippen molar-refractivity contribution in [3.63, 3.8) is 0 Å². The van der Waals surface area contributed by atoms with E-state index < -0.39 is 0 Å². The third-order valence-electron chi connectivity index (χ3n) is 1.75. The Morgan fingerprint density at radius 2 is 1.50 bits per heavy atom. The summed E-state index contributed by atoms with van der Waals surface area (Å²) in [5.41, 5.74) is 0.701. The number of nitriles is 2. The molecule has 0 fully saturated rings. The molecule has 0 aliphatic rings. The van der Waals surface area contributed by atoms with E-state index in [9.17, 15) is 0 Å². The van der Waals surface area contributed by atoms with Crippen molar-refractivity contribution in [2.24, 2.45) is 0 Å². The third kappa shape index (κ3) is 1.60. The fraction of sp³-hybridized carbons (Fsp3) is 0.200. The van der Waals surface area contributed by atoms with Crippen LogP contribution in [0.5, 0.6) is 11.5 Å². The highest BCUT2D eigenvalue weighted by molar-refractivity contribution is 5.57. The maximum absolute atomic E-state index is 8.83. The van der Waals surface area contributed by atoms with Crippen LogP contribution in [-0.2, 0) is 0 Å². The zero-order chi connectivity index (χ0) is 10.6. The molecule has 0 amide bonds. The normalized spacial score (nSPS) is 8.57. The molecule has 0 saturated carbocycles. The monoisotopic (exact) mass is 187 g/mol. The maximum Gasteiger partial charge on any atom is 0.141 e. The maximum atomic E-state index is 8.83. The molecule has 0 aliphatic carbocycles. The molecule has 70 valence electrons. The fourth-order valence-electron chi connectivity index (χ4n) is 1.09. The summed E-state index contributed by atoms with van der Waals surface area (Å²) in [6, 6.07) is 6.92. The lowest BCUT2D eigenvalue weighted by atomic mass is 9.96. The minimum atomic E-state index is 0.300. The van der Waals surface area contributed by atoms with Crippen molar-refractivity contribution < 1.29 is 9.47 Å². The molecule has 0 heterocycles. The smallest absolute Gasteiger partial charge is 0.141 e. The molecular weight excluding hydrogens is 179 g/mol. The summed E-state index contributed by atoms with van der Waals surface area (Å²) in [6.45, 7) is 0. The molecule has 1 rings (SSSR count). The Morgan fingerprint density at radius 3 is 1.79 bits per heavy atom. The van der Waals surface area contributed by atoms with Crippen LogP contribution in [0.3, 0.4) is 0 Å². The van der Waals surface area contributed by atoms with Gasteiger partial charge >= 0.3 is 0 Å². The second kappa shape index (κ2) is 4.15. The zero-order valence-electron chi connectivity index (χ0n) is 7.87. The lowest BCUT2D eigenvalue weighted by Gasteiger charge is -2.07. The molecule has 0 unspecified atom stereocenters. The van der Waals surface area contributed by atoms with Gasteiger partial charge in [0.15, 0.2) is 0 Å². The van der Waals surface area contributed by atoms with Gasteiger partial charge in [0.25, 0.3) is 0 Å². The second-order valence-electron chi connectivity index (χ2n) is 2.48. The minimum absolute atomic E-state index is 0.300. The number of hydrogen-bond acceptors (Lipinski definition) is 4. The van der Waals surface area contributed by atoms with Crippen LogP contribution < -0.4 is 9.47 Å². The van der Waals surface area contributed by atoms with Gasteiger partial charge in [0.05, 0.1) is 25.9 Å². The van der Waals surface area contributed by atoms with Gasteiger partial charge < -0.3 is 9.47 Å². The topological polar surface area (TPSA) is 66.0 Å². The van der Waals surface area contributed by atoms with Gasteiger partial charge in [0.1, 0.15) is 23.1 Å². The molecule has 0 spiro atoms. The molecule has 4 heteroatoms. The summed E-state index contributed by atoms with van der Waals surface area (Å²) < 4.78 is 9.94. The van der Waals surface area contributed by atoms with Gasteiger partial charge in [-0.15, -0.1) is 0 Å². The molecule has 0 bridgehead atoms. The van der Waals surface area contributed by atoms with E-state index in [1.54, 1.807) is 0 Å². The van der Waals surface area contributed by atoms with Crippen molar-refractivity contribution in [3.8, 4) is 23.6 Å². The molecule has 1 aromatic rings. The number of nitrogens with zero attached hydrogens (tertiary/aromatic N) is 2. The number of hydrogen-bond donors (Lipinski definition) is 0. The summed E-state index contributed by atoms with van der Waals surface area (Å²) in [5, 5.41) is 17.5. The van der Waals surface area contributed by atoms with Crippen molar-refractivity contribution in [1.82, 2.24) is 0 Å². The Morgan fingerprint density at radius 1 is 1.00 bits per heavy atom. The van der Waals surface area contributed by atoms with Crippen LogP contribution in [0.1, 0.15) is 11.1 Å². The Hall–Kier alpha value is -2.20. The summed E-state index contributed by atoms with van der Waals surface area (Å²) >= 11 is 0. The van der Waals surface area contributed by atoms with Crippen LogP contribution in [0.2, 0.25) is 0 Å². The van der Waals surface area contributed by atoms with E-state index in [1.165, 1.54) is 26.4 Å². The Bertz CT molecular complexity index is 402. The largest absolute Gasteiger partial charge is 0.495 e. The molecule has 14 heavy (non-hydrogen) atoms. The Kier molecular flexibility index (Phi) is 2.93. The van der Waals surface area contributed by atoms with E-state index >= 15 is 0 Å². The number of ether oxygens (including phenoxy) is 2. The number of rotatable bonds is 2. The first-order valence-corrected chi connectivity index (χ1v) is 3.83. The molecule has 0 atom stereocenters. The van der Waals surface area contributed by atoms with Crippen molar-refractivity contribution in [3.05, 3.63) is 23.3 Å². The lowest BCUT2D eigenvalue weighted by molar-refractivity contribution is 0.392. The standard InChI is InChI=1S/C10H8N2O2/c1-13-9-3-7(5-11)4-10(14-2)8(9)6-12/h3-4H,1-2H3/i6-1. The highest BCUT2D eigenvalue weighted by atomic mass is 16.5. The van der Waals surface area contributed by atoms with Gasteiger partial charge in [-0.3, -0.25) is 0 Å². The molecule has 0 N–H and O–H groups in total. The van der Waals surface area contributed by atoms with Gasteiger partial charge in [0.2, 0.25) is 0 Å². The molecule has 0 aliphatic heterocycles. The lowest BCUT2D eigenvalue weighted by Crippen LogP contribution is -1.94. The van der Waals surface area contributed by atoms with E-state index in [-0.39, 0.29) is 0 Å². The molecular formula is C10H8N2O2. The predicted octanol–water partition coefficient (Wildman–Crippen LogP) is 1.45. The molecule has 0 radical (unpaired) electrons. The first-order valence-electron chi connectivity index (χ1n) is 3.83. The van der Waals surface area contributed by atoms with Crippen LogP contribution in [0, 0.1) is 22.7 Å². The van der Waals surface area contributed by atoms with Gasteiger partial charge in [-0.25, -0.2) is 0 Å². The third-order valence-corrected chi connectivity index (χ3v) is 1.75. The Balaban J connectivity index is 3.43. The average molecular weight is 187 g/mol. The molecule has 4 nitrogen and oxygen atoms in total. The fourth-order valence-corrected chi connectivity index (χ4v) is 1.09. The summed E-state index contributed by atoms with van der Waals surface area (Å²) in [6.07, 6.45) is 0. The summed E-state index contributed by atoms with van der Waals surface area (Å²) in [5.74, 6) is 0.701. The summed E-state index contributed by atoms with van der Waals surface area (Å²) in [7, 11) is 2.88. The summed E-state index contributed by atoms with van der Waals surface area (Å²) in [4.78, 5) is 0. The number of methoxy groups -OCH3 is 2. The van der Waals surface area contributed by atoms with Crippen molar-refractivity contribution in [2.45, 2.75) is 0 Å². The van der Waals surface area contributed by atoms with E-state index in [0.717, 1.165) is 0 Å². The van der Waals surface area contributed by atoms with Crippen LogP contribution in [0.25, 0.3) is 0 Å². The highest BCUT2D eigenvalue weighted by Gasteiger charge is 2.11. The highest BCUT2D eigenvalue weighted by Crippen LogP contribution is 2.29. The van der Waals surface area contributed by atoms with E-state index in [0.29, 0.717) is 22.6 Å². The molecule has 0 aromatic heterocycles. The van der Waals surface area contributed by atoms with Crippen LogP contribution in [0.15, 0.2) is 12.1 Å². The van der Waals surface area contributed by atoms with E-state index in [1.807, 2.05) is 12.1 Å². The SMILES string of the molecule is COc1cc(C#N)cc(OC)c1[11C]#N. The van der Waals surface area contributed by atoms with Crippen LogP contribution in [-0.4, -0.2) is 14.2 Å². The van der Waals surface area contributed by atoms with E-state index in [4.69, 9.17) is 20.0 Å². The molecule has 0 saturated heterocycles. The van der Waals surface area contributed by atoms with Crippen molar-refractivity contribution in [1.29, 1.82) is 10.5 Å². The van der Waals surface area contributed by atoms with Gasteiger partial charge in [-0.2, -0.15) is 10.5 Å².